The van der Waals surface area contributed by atoms with Crippen LogP contribution in [0.15, 0.2) is 41.0 Å². The average Bonchev–Trinajstić information content (AvgIpc) is 2.48. The van der Waals surface area contributed by atoms with Gasteiger partial charge in [0.15, 0.2) is 11.4 Å². The molecule has 0 atom stereocenters. The number of benzene rings is 1. The van der Waals surface area contributed by atoms with E-state index in [-0.39, 0.29) is 12.3 Å². The minimum Gasteiger partial charge on any atom is -0.490 e. The monoisotopic (exact) mass is 370 g/mol. The zero-order chi connectivity index (χ0) is 16.2. The van der Waals surface area contributed by atoms with E-state index in [1.54, 1.807) is 12.1 Å². The van der Waals surface area contributed by atoms with Crippen molar-refractivity contribution >= 4 is 15.9 Å². The zero-order valence-electron chi connectivity index (χ0n) is 11.2. The fourth-order valence-electron chi connectivity index (χ4n) is 1.76. The third kappa shape index (κ3) is 4.21. The van der Waals surface area contributed by atoms with Crippen molar-refractivity contribution in [1.82, 2.24) is 4.98 Å². The number of hydrogen-bond donors (Lipinski definition) is 0. The Balaban J connectivity index is 1.96. The van der Waals surface area contributed by atoms with Crippen molar-refractivity contribution < 1.29 is 17.9 Å². The van der Waals surface area contributed by atoms with Gasteiger partial charge in [-0.2, -0.15) is 18.4 Å². The molecule has 114 valence electrons. The fraction of sp³-hybridized carbons (Fsp3) is 0.200. The average molecular weight is 371 g/mol. The van der Waals surface area contributed by atoms with Crippen molar-refractivity contribution in [3.63, 3.8) is 0 Å². The van der Waals surface area contributed by atoms with Crippen LogP contribution in [0.1, 0.15) is 16.8 Å². The number of aromatic nitrogens is 1. The third-order valence-corrected chi connectivity index (χ3v) is 3.30. The normalized spacial score (nSPS) is 11.0. The van der Waals surface area contributed by atoms with Crippen LogP contribution in [-0.2, 0) is 12.6 Å². The molecule has 1 heterocycles. The van der Waals surface area contributed by atoms with Crippen LogP contribution in [0.5, 0.6) is 5.75 Å². The summed E-state index contributed by atoms with van der Waals surface area (Å²) in [7, 11) is 0. The van der Waals surface area contributed by atoms with Gasteiger partial charge in [0, 0.05) is 6.42 Å². The molecule has 0 saturated carbocycles. The standard InChI is InChI=1S/C15H10BrF3N2O/c16-14-6-5-13(12(9-20)21-14)22-8-7-10-1-3-11(4-2-10)15(17,18)19/h1-6H,7-8H2. The summed E-state index contributed by atoms with van der Waals surface area (Å²) in [6.07, 6.45) is -3.90. The van der Waals surface area contributed by atoms with Gasteiger partial charge >= 0.3 is 6.18 Å². The second-order valence-corrected chi connectivity index (χ2v) is 5.20. The Bertz CT molecular complexity index is 693. The Kier molecular flexibility index (Phi) is 5.03. The van der Waals surface area contributed by atoms with E-state index in [2.05, 4.69) is 20.9 Å². The van der Waals surface area contributed by atoms with Crippen LogP contribution in [0.25, 0.3) is 0 Å². The maximum Gasteiger partial charge on any atom is 0.416 e. The molecule has 0 spiro atoms. The third-order valence-electron chi connectivity index (χ3n) is 2.86. The van der Waals surface area contributed by atoms with E-state index in [0.717, 1.165) is 17.7 Å². The highest BCUT2D eigenvalue weighted by atomic mass is 79.9. The molecule has 2 rings (SSSR count). The number of halogens is 4. The van der Waals surface area contributed by atoms with Crippen LogP contribution in [-0.4, -0.2) is 11.6 Å². The number of rotatable bonds is 4. The minimum atomic E-state index is -4.33. The first-order chi connectivity index (χ1) is 10.4. The lowest BCUT2D eigenvalue weighted by Gasteiger charge is -2.09. The maximum atomic E-state index is 12.4. The quantitative estimate of drug-likeness (QED) is 0.751. The Labute approximate surface area is 133 Å². The minimum absolute atomic E-state index is 0.154. The van der Waals surface area contributed by atoms with Gasteiger partial charge in [0.2, 0.25) is 0 Å². The van der Waals surface area contributed by atoms with Gasteiger partial charge in [0.1, 0.15) is 10.7 Å². The van der Waals surface area contributed by atoms with Crippen LogP contribution in [0.2, 0.25) is 0 Å². The lowest BCUT2D eigenvalue weighted by molar-refractivity contribution is -0.137. The summed E-state index contributed by atoms with van der Waals surface area (Å²) in [4.78, 5) is 3.96. The predicted octanol–water partition coefficient (Wildman–Crippen LogP) is 4.36. The summed E-state index contributed by atoms with van der Waals surface area (Å²) in [5.74, 6) is 0.345. The number of alkyl halides is 3. The van der Waals surface area contributed by atoms with Crippen LogP contribution < -0.4 is 4.74 Å². The predicted molar refractivity (Wildman–Crippen MR) is 77.3 cm³/mol. The van der Waals surface area contributed by atoms with Crippen LogP contribution >= 0.6 is 15.9 Å². The number of hydrogen-bond acceptors (Lipinski definition) is 3. The van der Waals surface area contributed by atoms with E-state index in [9.17, 15) is 13.2 Å². The van der Waals surface area contributed by atoms with Gasteiger partial charge in [-0.3, -0.25) is 0 Å². The molecule has 0 aliphatic rings. The van der Waals surface area contributed by atoms with E-state index >= 15 is 0 Å². The molecule has 3 nitrogen and oxygen atoms in total. The molecule has 0 fully saturated rings. The maximum absolute atomic E-state index is 12.4. The molecular formula is C15H10BrF3N2O. The lowest BCUT2D eigenvalue weighted by atomic mass is 10.1. The van der Waals surface area contributed by atoms with E-state index in [1.165, 1.54) is 12.1 Å². The fourth-order valence-corrected chi connectivity index (χ4v) is 2.07. The number of pyridine rings is 1. The molecular weight excluding hydrogens is 361 g/mol. The van der Waals surface area contributed by atoms with Crippen molar-refractivity contribution in [3.05, 3.63) is 57.8 Å². The molecule has 0 aliphatic carbocycles. The smallest absolute Gasteiger partial charge is 0.416 e. The highest BCUT2D eigenvalue weighted by Crippen LogP contribution is 2.29. The molecule has 0 N–H and O–H groups in total. The van der Waals surface area contributed by atoms with Crippen LogP contribution in [0, 0.1) is 11.3 Å². The van der Waals surface area contributed by atoms with E-state index < -0.39 is 11.7 Å². The van der Waals surface area contributed by atoms with Gasteiger partial charge in [-0.15, -0.1) is 0 Å². The van der Waals surface area contributed by atoms with Gasteiger partial charge in [0.05, 0.1) is 12.2 Å². The second-order valence-electron chi connectivity index (χ2n) is 4.39. The molecule has 2 aromatic rings. The highest BCUT2D eigenvalue weighted by molar-refractivity contribution is 9.10. The van der Waals surface area contributed by atoms with Crippen molar-refractivity contribution in [2.45, 2.75) is 12.6 Å². The SMILES string of the molecule is N#Cc1nc(Br)ccc1OCCc1ccc(C(F)(F)F)cc1. The van der Waals surface area contributed by atoms with Crippen LogP contribution in [0.4, 0.5) is 13.2 Å². The summed E-state index contributed by atoms with van der Waals surface area (Å²) >= 11 is 3.16. The molecule has 0 aliphatic heterocycles. The Morgan fingerprint density at radius 3 is 2.41 bits per heavy atom. The Hall–Kier alpha value is -2.07. The van der Waals surface area contributed by atoms with Crippen molar-refractivity contribution in [2.24, 2.45) is 0 Å². The number of nitrogens with zero attached hydrogens (tertiary/aromatic N) is 2. The van der Waals surface area contributed by atoms with Gasteiger partial charge < -0.3 is 4.74 Å². The molecule has 0 unspecified atom stereocenters. The van der Waals surface area contributed by atoms with Crippen molar-refractivity contribution in [3.8, 4) is 11.8 Å². The van der Waals surface area contributed by atoms with E-state index in [1.807, 2.05) is 6.07 Å². The van der Waals surface area contributed by atoms with Gasteiger partial charge in [-0.05, 0) is 45.8 Å². The van der Waals surface area contributed by atoms with Crippen molar-refractivity contribution in [2.75, 3.05) is 6.61 Å². The van der Waals surface area contributed by atoms with Gasteiger partial charge in [0.25, 0.3) is 0 Å². The topological polar surface area (TPSA) is 45.9 Å². The van der Waals surface area contributed by atoms with Crippen molar-refractivity contribution in [1.29, 1.82) is 5.26 Å². The molecule has 1 aromatic heterocycles. The number of nitriles is 1. The molecule has 0 radical (unpaired) electrons. The highest BCUT2D eigenvalue weighted by Gasteiger charge is 2.29. The second kappa shape index (κ2) is 6.79. The summed E-state index contributed by atoms with van der Waals surface area (Å²) < 4.78 is 43.3. The van der Waals surface area contributed by atoms with E-state index in [0.29, 0.717) is 16.8 Å². The first-order valence-corrected chi connectivity index (χ1v) is 7.05. The first-order valence-electron chi connectivity index (χ1n) is 6.26. The molecule has 1 aromatic carbocycles. The molecule has 7 heteroatoms. The Morgan fingerprint density at radius 2 is 1.82 bits per heavy atom. The van der Waals surface area contributed by atoms with E-state index in [4.69, 9.17) is 10.00 Å². The molecule has 0 saturated heterocycles. The lowest BCUT2D eigenvalue weighted by Crippen LogP contribution is -2.06. The van der Waals surface area contributed by atoms with Gasteiger partial charge in [-0.25, -0.2) is 4.98 Å². The van der Waals surface area contributed by atoms with Gasteiger partial charge in [-0.1, -0.05) is 12.1 Å². The molecule has 22 heavy (non-hydrogen) atoms. The molecule has 0 amide bonds. The summed E-state index contributed by atoms with van der Waals surface area (Å²) in [6, 6.07) is 10.1. The number of ether oxygens (including phenoxy) is 1. The summed E-state index contributed by atoms with van der Waals surface area (Å²) in [6.45, 7) is 0.239. The zero-order valence-corrected chi connectivity index (χ0v) is 12.8. The first kappa shape index (κ1) is 16.3. The summed E-state index contributed by atoms with van der Waals surface area (Å²) in [5, 5.41) is 8.95. The summed E-state index contributed by atoms with van der Waals surface area (Å²) in [5.41, 5.74) is 0.194. The largest absolute Gasteiger partial charge is 0.490 e. The molecule has 0 bridgehead atoms. The Morgan fingerprint density at radius 1 is 1.14 bits per heavy atom. The van der Waals surface area contributed by atoms with Crippen LogP contribution in [0.3, 0.4) is 0 Å².